The molecule has 1 saturated carbocycles. The predicted molar refractivity (Wildman–Crippen MR) is 109 cm³/mol. The Kier molecular flexibility index (Phi) is 7.29. The molecule has 0 radical (unpaired) electrons. The van der Waals surface area contributed by atoms with Crippen LogP contribution in [-0.4, -0.2) is 49.8 Å². The van der Waals surface area contributed by atoms with Crippen molar-refractivity contribution in [2.75, 3.05) is 13.1 Å². The summed E-state index contributed by atoms with van der Waals surface area (Å²) in [5, 5.41) is 2.97. The van der Waals surface area contributed by atoms with E-state index in [9.17, 15) is 18.0 Å². The van der Waals surface area contributed by atoms with Gasteiger partial charge in [0, 0.05) is 19.1 Å². The molecule has 7 nitrogen and oxygen atoms in total. The third-order valence-corrected chi connectivity index (χ3v) is 7.52. The molecule has 2 aliphatic rings. The number of rotatable bonds is 6. The van der Waals surface area contributed by atoms with Crippen molar-refractivity contribution in [1.82, 2.24) is 9.62 Å². The summed E-state index contributed by atoms with van der Waals surface area (Å²) in [6.45, 7) is 2.53. The second kappa shape index (κ2) is 9.71. The lowest BCUT2D eigenvalue weighted by molar-refractivity contribution is -0.129. The number of esters is 1. The highest BCUT2D eigenvalue weighted by Crippen LogP contribution is 2.22. The summed E-state index contributed by atoms with van der Waals surface area (Å²) >= 11 is 0. The van der Waals surface area contributed by atoms with Crippen LogP contribution in [0.5, 0.6) is 0 Å². The van der Waals surface area contributed by atoms with Crippen molar-refractivity contribution in [2.24, 2.45) is 0 Å². The Labute approximate surface area is 172 Å². The van der Waals surface area contributed by atoms with Gasteiger partial charge in [-0.1, -0.05) is 31.7 Å². The lowest BCUT2D eigenvalue weighted by Crippen LogP contribution is -2.41. The van der Waals surface area contributed by atoms with E-state index in [1.165, 1.54) is 48.3 Å². The summed E-state index contributed by atoms with van der Waals surface area (Å²) in [5.41, 5.74) is 0.124. The number of carbonyl (C=O) groups excluding carboxylic acids is 2. The van der Waals surface area contributed by atoms with Crippen molar-refractivity contribution in [3.05, 3.63) is 29.8 Å². The summed E-state index contributed by atoms with van der Waals surface area (Å²) in [5.74, 6) is -1.02. The third kappa shape index (κ3) is 5.57. The molecule has 1 N–H and O–H groups in total. The Bertz CT molecular complexity index is 825. The van der Waals surface area contributed by atoms with Gasteiger partial charge in [0.25, 0.3) is 5.91 Å². The van der Waals surface area contributed by atoms with E-state index in [1.54, 1.807) is 0 Å². The minimum absolute atomic E-state index is 0.0735. The van der Waals surface area contributed by atoms with E-state index in [0.29, 0.717) is 13.1 Å². The summed E-state index contributed by atoms with van der Waals surface area (Å²) in [6.07, 6.45) is 7.20. The molecule has 0 unspecified atom stereocenters. The average molecular weight is 423 g/mol. The van der Waals surface area contributed by atoms with Gasteiger partial charge in [0.2, 0.25) is 10.0 Å². The summed E-state index contributed by atoms with van der Waals surface area (Å²) in [7, 11) is -3.62. The van der Waals surface area contributed by atoms with Crippen LogP contribution in [0.4, 0.5) is 0 Å². The van der Waals surface area contributed by atoms with Crippen LogP contribution in [0.15, 0.2) is 29.2 Å². The van der Waals surface area contributed by atoms with Crippen LogP contribution in [0.3, 0.4) is 0 Å². The highest BCUT2D eigenvalue weighted by atomic mass is 32.2. The Morgan fingerprint density at radius 3 is 2.38 bits per heavy atom. The molecule has 1 saturated heterocycles. The van der Waals surface area contributed by atoms with Gasteiger partial charge in [-0.25, -0.2) is 13.2 Å². The maximum atomic E-state index is 12.7. The number of sulfonamides is 1. The van der Waals surface area contributed by atoms with Crippen LogP contribution in [0.25, 0.3) is 0 Å². The first-order valence-electron chi connectivity index (χ1n) is 10.5. The number of amides is 1. The van der Waals surface area contributed by atoms with Crippen LogP contribution in [0, 0.1) is 0 Å². The zero-order valence-corrected chi connectivity index (χ0v) is 17.7. The molecule has 29 heavy (non-hydrogen) atoms. The van der Waals surface area contributed by atoms with Gasteiger partial charge in [0.15, 0.2) is 6.10 Å². The van der Waals surface area contributed by atoms with Crippen LogP contribution in [0.2, 0.25) is 0 Å². The van der Waals surface area contributed by atoms with Gasteiger partial charge in [-0.05, 0) is 50.8 Å². The zero-order valence-electron chi connectivity index (χ0n) is 16.9. The quantitative estimate of drug-likeness (QED) is 0.562. The second-order valence-corrected chi connectivity index (χ2v) is 9.82. The first kappa shape index (κ1) is 21.8. The normalized spacial score (nSPS) is 20.0. The molecular weight excluding hydrogens is 392 g/mol. The number of hydrogen-bond donors (Lipinski definition) is 1. The van der Waals surface area contributed by atoms with Gasteiger partial charge in [-0.15, -0.1) is 0 Å². The van der Waals surface area contributed by atoms with Gasteiger partial charge < -0.3 is 10.1 Å². The number of nitrogens with one attached hydrogen (secondary N) is 1. The molecule has 1 aromatic rings. The van der Waals surface area contributed by atoms with E-state index >= 15 is 0 Å². The van der Waals surface area contributed by atoms with E-state index in [4.69, 9.17) is 4.74 Å². The monoisotopic (exact) mass is 422 g/mol. The van der Waals surface area contributed by atoms with Crippen LogP contribution >= 0.6 is 0 Å². The van der Waals surface area contributed by atoms with E-state index in [1.807, 2.05) is 0 Å². The maximum absolute atomic E-state index is 12.7. The zero-order chi connectivity index (χ0) is 20.9. The Hall–Kier alpha value is -1.93. The van der Waals surface area contributed by atoms with Gasteiger partial charge in [0.05, 0.1) is 10.5 Å². The lowest BCUT2D eigenvalue weighted by Gasteiger charge is -2.20. The summed E-state index contributed by atoms with van der Waals surface area (Å²) < 4.78 is 32.1. The average Bonchev–Trinajstić information content (AvgIpc) is 3.15. The van der Waals surface area contributed by atoms with Gasteiger partial charge in [-0.2, -0.15) is 4.31 Å². The van der Waals surface area contributed by atoms with Crippen molar-refractivity contribution in [3.8, 4) is 0 Å². The molecule has 0 aromatic heterocycles. The SMILES string of the molecule is C[C@H](OC(=O)c1cccc(S(=O)(=O)N2CCCC2)c1)C(=O)NC1CCCCCC1. The van der Waals surface area contributed by atoms with E-state index in [0.717, 1.165) is 38.5 Å². The van der Waals surface area contributed by atoms with E-state index in [2.05, 4.69) is 5.32 Å². The highest BCUT2D eigenvalue weighted by molar-refractivity contribution is 7.89. The topological polar surface area (TPSA) is 92.8 Å². The number of hydrogen-bond acceptors (Lipinski definition) is 5. The van der Waals surface area contributed by atoms with Crippen molar-refractivity contribution >= 4 is 21.9 Å². The first-order valence-corrected chi connectivity index (χ1v) is 11.9. The minimum Gasteiger partial charge on any atom is -0.449 e. The van der Waals surface area contributed by atoms with E-state index in [-0.39, 0.29) is 22.4 Å². The van der Waals surface area contributed by atoms with Gasteiger partial charge in [0.1, 0.15) is 0 Å². The molecule has 1 heterocycles. The fraction of sp³-hybridized carbons (Fsp3) is 0.619. The summed E-state index contributed by atoms with van der Waals surface area (Å²) in [4.78, 5) is 25.0. The van der Waals surface area contributed by atoms with Crippen molar-refractivity contribution in [1.29, 1.82) is 0 Å². The second-order valence-electron chi connectivity index (χ2n) is 7.88. The molecule has 1 aliphatic carbocycles. The number of nitrogens with zero attached hydrogens (tertiary/aromatic N) is 1. The number of ether oxygens (including phenoxy) is 1. The molecule has 1 aromatic carbocycles. The van der Waals surface area contributed by atoms with Crippen LogP contribution in [0.1, 0.15) is 68.6 Å². The molecule has 1 amide bonds. The number of benzene rings is 1. The fourth-order valence-electron chi connectivity index (χ4n) is 3.89. The molecule has 160 valence electrons. The predicted octanol–water partition coefficient (Wildman–Crippen LogP) is 2.86. The summed E-state index contributed by atoms with van der Waals surface area (Å²) in [6, 6.07) is 5.95. The van der Waals surface area contributed by atoms with Gasteiger partial charge in [-0.3, -0.25) is 4.79 Å². The minimum atomic E-state index is -3.62. The van der Waals surface area contributed by atoms with Crippen LogP contribution in [-0.2, 0) is 19.6 Å². The molecule has 1 atom stereocenters. The van der Waals surface area contributed by atoms with Crippen LogP contribution < -0.4 is 5.32 Å². The Balaban J connectivity index is 1.62. The lowest BCUT2D eigenvalue weighted by atomic mass is 10.1. The molecule has 1 aliphatic heterocycles. The maximum Gasteiger partial charge on any atom is 0.338 e. The van der Waals surface area contributed by atoms with Crippen molar-refractivity contribution < 1.29 is 22.7 Å². The first-order chi connectivity index (χ1) is 13.9. The van der Waals surface area contributed by atoms with E-state index < -0.39 is 22.1 Å². The van der Waals surface area contributed by atoms with Crippen molar-refractivity contribution in [2.45, 2.75) is 75.3 Å². The molecule has 8 heteroatoms. The standard InChI is InChI=1S/C21H30N2O5S/c1-16(20(24)22-18-10-4-2-3-5-11-18)28-21(25)17-9-8-12-19(15-17)29(26,27)23-13-6-7-14-23/h8-9,12,15-16,18H,2-7,10-11,13-14H2,1H3,(H,22,24)/t16-/m0/s1. The highest BCUT2D eigenvalue weighted by Gasteiger charge is 2.28. The molecule has 2 fully saturated rings. The third-order valence-electron chi connectivity index (χ3n) is 5.63. The molecule has 3 rings (SSSR count). The number of carbonyl (C=O) groups is 2. The Morgan fingerprint density at radius 1 is 1.07 bits per heavy atom. The smallest absolute Gasteiger partial charge is 0.338 e. The molecule has 0 bridgehead atoms. The Morgan fingerprint density at radius 2 is 1.72 bits per heavy atom. The van der Waals surface area contributed by atoms with Crippen molar-refractivity contribution in [3.63, 3.8) is 0 Å². The van der Waals surface area contributed by atoms with Gasteiger partial charge >= 0.3 is 5.97 Å². The molecule has 0 spiro atoms. The molecular formula is C21H30N2O5S. The fourth-order valence-corrected chi connectivity index (χ4v) is 5.45. The largest absolute Gasteiger partial charge is 0.449 e.